The molecule has 0 rings (SSSR count). The third kappa shape index (κ3) is 11.0. The number of ether oxygens (including phenoxy) is 1. The molecule has 1 atom stereocenters. The molecule has 2 nitrogen and oxygen atoms in total. The molecule has 0 saturated carbocycles. The van der Waals surface area contributed by atoms with Crippen molar-refractivity contribution in [2.24, 2.45) is 17.8 Å². The van der Waals surface area contributed by atoms with Crippen molar-refractivity contribution in [2.45, 2.75) is 66.8 Å². The van der Waals surface area contributed by atoms with E-state index in [2.05, 4.69) is 53.8 Å². The SMILES string of the molecule is CC(C)CCOCCC(CNC(C)(C)C)C(C)C. The molecule has 0 amide bonds. The van der Waals surface area contributed by atoms with Gasteiger partial charge in [-0.1, -0.05) is 27.7 Å². The van der Waals surface area contributed by atoms with Gasteiger partial charge in [-0.15, -0.1) is 0 Å². The van der Waals surface area contributed by atoms with Gasteiger partial charge in [0.1, 0.15) is 0 Å². The van der Waals surface area contributed by atoms with Crippen LogP contribution in [-0.2, 0) is 4.74 Å². The Kier molecular flexibility index (Phi) is 8.89. The molecular weight excluding hydrogens is 222 g/mol. The summed E-state index contributed by atoms with van der Waals surface area (Å²) in [6.07, 6.45) is 2.34. The van der Waals surface area contributed by atoms with E-state index in [1.54, 1.807) is 0 Å². The van der Waals surface area contributed by atoms with E-state index in [-0.39, 0.29) is 5.54 Å². The normalized spacial score (nSPS) is 14.5. The molecule has 2 heteroatoms. The molecule has 0 aliphatic carbocycles. The lowest BCUT2D eigenvalue weighted by Gasteiger charge is -2.27. The lowest BCUT2D eigenvalue weighted by Crippen LogP contribution is -2.40. The molecule has 0 aromatic heterocycles. The second-order valence-corrected chi connectivity index (χ2v) is 7.22. The lowest BCUT2D eigenvalue weighted by atomic mass is 9.92. The van der Waals surface area contributed by atoms with Gasteiger partial charge in [0.2, 0.25) is 0 Å². The Morgan fingerprint density at radius 2 is 1.50 bits per heavy atom. The van der Waals surface area contributed by atoms with Gasteiger partial charge >= 0.3 is 0 Å². The lowest BCUT2D eigenvalue weighted by molar-refractivity contribution is 0.103. The molecule has 0 aliphatic heterocycles. The molecule has 0 heterocycles. The van der Waals surface area contributed by atoms with Crippen molar-refractivity contribution in [1.82, 2.24) is 5.32 Å². The number of hydrogen-bond donors (Lipinski definition) is 1. The second kappa shape index (κ2) is 8.92. The predicted molar refractivity (Wildman–Crippen MR) is 81.0 cm³/mol. The van der Waals surface area contributed by atoms with Gasteiger partial charge in [0.25, 0.3) is 0 Å². The highest BCUT2D eigenvalue weighted by Gasteiger charge is 2.16. The van der Waals surface area contributed by atoms with E-state index in [1.165, 1.54) is 12.8 Å². The summed E-state index contributed by atoms with van der Waals surface area (Å²) in [5.74, 6) is 2.17. The molecule has 1 N–H and O–H groups in total. The van der Waals surface area contributed by atoms with Gasteiger partial charge in [-0.2, -0.15) is 0 Å². The molecule has 0 spiro atoms. The summed E-state index contributed by atoms with van der Waals surface area (Å²) in [5, 5.41) is 3.61. The second-order valence-electron chi connectivity index (χ2n) is 7.22. The standard InChI is InChI=1S/C16H35NO/c1-13(2)8-10-18-11-9-15(14(3)4)12-17-16(5,6)7/h13-15,17H,8-12H2,1-7H3. The molecule has 0 bridgehead atoms. The van der Waals surface area contributed by atoms with Crippen LogP contribution < -0.4 is 5.32 Å². The number of nitrogens with one attached hydrogen (secondary N) is 1. The minimum Gasteiger partial charge on any atom is -0.381 e. The van der Waals surface area contributed by atoms with Crippen LogP contribution in [0.4, 0.5) is 0 Å². The van der Waals surface area contributed by atoms with Crippen molar-refractivity contribution in [3.05, 3.63) is 0 Å². The Bertz CT molecular complexity index is 194. The number of hydrogen-bond acceptors (Lipinski definition) is 2. The van der Waals surface area contributed by atoms with Crippen LogP contribution in [0, 0.1) is 17.8 Å². The zero-order chi connectivity index (χ0) is 14.2. The minimum absolute atomic E-state index is 0.214. The van der Waals surface area contributed by atoms with Crippen LogP contribution in [0.1, 0.15) is 61.3 Å². The Labute approximate surface area is 115 Å². The van der Waals surface area contributed by atoms with Gasteiger partial charge in [0.15, 0.2) is 0 Å². The fourth-order valence-electron chi connectivity index (χ4n) is 1.76. The summed E-state index contributed by atoms with van der Waals surface area (Å²) < 4.78 is 5.73. The van der Waals surface area contributed by atoms with E-state index in [1.807, 2.05) is 0 Å². The van der Waals surface area contributed by atoms with Crippen LogP contribution in [0.25, 0.3) is 0 Å². The fraction of sp³-hybridized carbons (Fsp3) is 1.00. The molecule has 110 valence electrons. The minimum atomic E-state index is 0.214. The zero-order valence-electron chi connectivity index (χ0n) is 13.7. The fourth-order valence-corrected chi connectivity index (χ4v) is 1.76. The predicted octanol–water partition coefficient (Wildman–Crippen LogP) is 4.10. The van der Waals surface area contributed by atoms with Gasteiger partial charge in [-0.05, 0) is 57.9 Å². The highest BCUT2D eigenvalue weighted by molar-refractivity contribution is 4.74. The summed E-state index contributed by atoms with van der Waals surface area (Å²) in [7, 11) is 0. The molecule has 18 heavy (non-hydrogen) atoms. The molecule has 0 fully saturated rings. The number of rotatable bonds is 9. The van der Waals surface area contributed by atoms with Gasteiger partial charge in [-0.25, -0.2) is 0 Å². The Morgan fingerprint density at radius 3 is 1.94 bits per heavy atom. The third-order valence-electron chi connectivity index (χ3n) is 3.31. The van der Waals surface area contributed by atoms with Crippen LogP contribution in [0.2, 0.25) is 0 Å². The Morgan fingerprint density at radius 1 is 0.944 bits per heavy atom. The average molecular weight is 257 g/mol. The summed E-state index contributed by atoms with van der Waals surface area (Å²) in [4.78, 5) is 0. The van der Waals surface area contributed by atoms with Crippen molar-refractivity contribution in [3.8, 4) is 0 Å². The largest absolute Gasteiger partial charge is 0.381 e. The van der Waals surface area contributed by atoms with Gasteiger partial charge < -0.3 is 10.1 Å². The van der Waals surface area contributed by atoms with Crippen molar-refractivity contribution in [3.63, 3.8) is 0 Å². The van der Waals surface area contributed by atoms with E-state index < -0.39 is 0 Å². The smallest absolute Gasteiger partial charge is 0.0469 e. The molecule has 0 aliphatic rings. The van der Waals surface area contributed by atoms with Crippen LogP contribution in [0.15, 0.2) is 0 Å². The first-order valence-corrected chi connectivity index (χ1v) is 7.55. The first kappa shape index (κ1) is 17.9. The maximum absolute atomic E-state index is 5.73. The quantitative estimate of drug-likeness (QED) is 0.628. The van der Waals surface area contributed by atoms with E-state index in [0.717, 1.165) is 25.7 Å². The summed E-state index contributed by atoms with van der Waals surface area (Å²) >= 11 is 0. The molecule has 0 aromatic carbocycles. The maximum Gasteiger partial charge on any atom is 0.0469 e. The first-order chi connectivity index (χ1) is 8.22. The average Bonchev–Trinajstić information content (AvgIpc) is 2.19. The van der Waals surface area contributed by atoms with Crippen molar-refractivity contribution < 1.29 is 4.74 Å². The molecule has 0 aromatic rings. The van der Waals surface area contributed by atoms with Crippen LogP contribution in [0.3, 0.4) is 0 Å². The Balaban J connectivity index is 3.77. The van der Waals surface area contributed by atoms with E-state index >= 15 is 0 Å². The summed E-state index contributed by atoms with van der Waals surface area (Å²) in [6, 6.07) is 0. The van der Waals surface area contributed by atoms with Crippen LogP contribution in [-0.4, -0.2) is 25.3 Å². The van der Waals surface area contributed by atoms with Gasteiger partial charge in [0.05, 0.1) is 0 Å². The topological polar surface area (TPSA) is 21.3 Å². The first-order valence-electron chi connectivity index (χ1n) is 7.55. The molecule has 1 unspecified atom stereocenters. The maximum atomic E-state index is 5.73. The van der Waals surface area contributed by atoms with Gasteiger partial charge in [0, 0.05) is 18.8 Å². The van der Waals surface area contributed by atoms with E-state index in [0.29, 0.717) is 11.8 Å². The highest BCUT2D eigenvalue weighted by Crippen LogP contribution is 2.16. The van der Waals surface area contributed by atoms with Crippen LogP contribution in [0.5, 0.6) is 0 Å². The van der Waals surface area contributed by atoms with E-state index in [4.69, 9.17) is 4.74 Å². The van der Waals surface area contributed by atoms with Gasteiger partial charge in [-0.3, -0.25) is 0 Å². The zero-order valence-corrected chi connectivity index (χ0v) is 13.7. The van der Waals surface area contributed by atoms with Crippen LogP contribution >= 0.6 is 0 Å². The van der Waals surface area contributed by atoms with Crippen molar-refractivity contribution >= 4 is 0 Å². The highest BCUT2D eigenvalue weighted by atomic mass is 16.5. The third-order valence-corrected chi connectivity index (χ3v) is 3.31. The van der Waals surface area contributed by atoms with Crippen molar-refractivity contribution in [1.29, 1.82) is 0 Å². The summed E-state index contributed by atoms with van der Waals surface area (Å²) in [5.41, 5.74) is 0.214. The molecule has 0 radical (unpaired) electrons. The molecular formula is C16H35NO. The monoisotopic (exact) mass is 257 g/mol. The Hall–Kier alpha value is -0.0800. The van der Waals surface area contributed by atoms with E-state index in [9.17, 15) is 0 Å². The molecule has 0 saturated heterocycles. The summed E-state index contributed by atoms with van der Waals surface area (Å²) in [6.45, 7) is 18.7. The van der Waals surface area contributed by atoms with Crippen molar-refractivity contribution in [2.75, 3.05) is 19.8 Å².